The summed E-state index contributed by atoms with van der Waals surface area (Å²) in [6.45, 7) is 6.95. The van der Waals surface area contributed by atoms with Gasteiger partial charge in [0, 0.05) is 48.7 Å². The third kappa shape index (κ3) is 2.33. The smallest absolute Gasteiger partial charge is 0.259 e. The second-order valence-corrected chi connectivity index (χ2v) is 7.03. The zero-order chi connectivity index (χ0) is 16.9. The highest BCUT2D eigenvalue weighted by Crippen LogP contribution is 2.31. The summed E-state index contributed by atoms with van der Waals surface area (Å²) in [5, 5.41) is 6.75. The van der Waals surface area contributed by atoms with Gasteiger partial charge in [0.2, 0.25) is 0 Å². The Balaban J connectivity index is 1.63. The molecule has 0 aromatic carbocycles. The van der Waals surface area contributed by atoms with Crippen LogP contribution in [0.3, 0.4) is 0 Å². The number of imidazole rings is 1. The predicted octanol–water partition coefficient (Wildman–Crippen LogP) is 2.97. The zero-order valence-corrected chi connectivity index (χ0v) is 13.9. The summed E-state index contributed by atoms with van der Waals surface area (Å²) >= 11 is 0. The molecule has 1 aliphatic heterocycles. The molecule has 124 valence electrons. The number of hydrogen-bond acceptors (Lipinski definition) is 4. The van der Waals surface area contributed by atoms with Crippen LogP contribution in [-0.4, -0.2) is 25.6 Å². The molecule has 0 atom stereocenters. The number of nitrogens with zero attached hydrogens (tertiary/aromatic N) is 3. The second-order valence-electron chi connectivity index (χ2n) is 7.03. The Labute approximate surface area is 139 Å². The van der Waals surface area contributed by atoms with Crippen molar-refractivity contribution >= 4 is 11.7 Å². The number of nitrogens with one attached hydrogen (secondary N) is 2. The maximum Gasteiger partial charge on any atom is 0.259 e. The van der Waals surface area contributed by atoms with Crippen LogP contribution in [-0.2, 0) is 18.4 Å². The molecule has 3 aromatic heterocycles. The Kier molecular flexibility index (Phi) is 3.13. The summed E-state index contributed by atoms with van der Waals surface area (Å²) in [5.41, 5.74) is 2.31. The van der Waals surface area contributed by atoms with E-state index in [9.17, 15) is 4.79 Å². The van der Waals surface area contributed by atoms with E-state index in [1.54, 1.807) is 18.5 Å². The molecule has 0 spiro atoms. The number of H-pyrrole nitrogens is 1. The van der Waals surface area contributed by atoms with Crippen LogP contribution in [0.2, 0.25) is 0 Å². The molecule has 1 amide bonds. The first-order valence-electron chi connectivity index (χ1n) is 7.94. The van der Waals surface area contributed by atoms with Gasteiger partial charge in [-0.25, -0.2) is 4.98 Å². The van der Waals surface area contributed by atoms with Gasteiger partial charge in [0.25, 0.3) is 5.91 Å². The molecule has 0 bridgehead atoms. The summed E-state index contributed by atoms with van der Waals surface area (Å²) in [5.74, 6) is 1.74. The number of aryl methyl sites for hydroxylation is 2. The van der Waals surface area contributed by atoms with Crippen molar-refractivity contribution in [2.75, 3.05) is 5.32 Å². The lowest BCUT2D eigenvalue weighted by Gasteiger charge is -2.15. The standard InChI is InChI=1S/C17H19N5O2/c1-17(2,3)12-8-13(21-24-12)20-16(23)10-9-19-11-4-6-22-7-5-18-15(22)14(10)11/h5,7-9,19H,4,6H2,1-3H3,(H,20,21,23). The van der Waals surface area contributed by atoms with Crippen LogP contribution in [0.4, 0.5) is 5.82 Å². The number of anilines is 1. The number of amides is 1. The number of carbonyl (C=O) groups excluding carboxylic acids is 1. The van der Waals surface area contributed by atoms with Gasteiger partial charge in [0.05, 0.1) is 11.1 Å². The fraction of sp³-hybridized carbons (Fsp3) is 0.353. The Morgan fingerprint density at radius 1 is 1.42 bits per heavy atom. The normalized spacial score (nSPS) is 13.5. The van der Waals surface area contributed by atoms with Crippen molar-refractivity contribution in [2.24, 2.45) is 0 Å². The Bertz CT molecular complexity index is 910. The molecule has 1 aliphatic rings. The van der Waals surface area contributed by atoms with Crippen molar-refractivity contribution < 1.29 is 9.32 Å². The molecule has 3 aromatic rings. The van der Waals surface area contributed by atoms with Gasteiger partial charge in [-0.2, -0.15) is 0 Å². The second kappa shape index (κ2) is 5.09. The predicted molar refractivity (Wildman–Crippen MR) is 88.9 cm³/mol. The molecule has 0 unspecified atom stereocenters. The highest BCUT2D eigenvalue weighted by molar-refractivity contribution is 6.08. The van der Waals surface area contributed by atoms with Crippen LogP contribution in [0.25, 0.3) is 11.4 Å². The van der Waals surface area contributed by atoms with Gasteiger partial charge in [-0.15, -0.1) is 0 Å². The third-order valence-corrected chi connectivity index (χ3v) is 4.24. The number of rotatable bonds is 2. The average molecular weight is 325 g/mol. The van der Waals surface area contributed by atoms with Gasteiger partial charge >= 0.3 is 0 Å². The highest BCUT2D eigenvalue weighted by atomic mass is 16.5. The van der Waals surface area contributed by atoms with E-state index in [2.05, 4.69) is 25.0 Å². The van der Waals surface area contributed by atoms with Gasteiger partial charge in [-0.05, 0) is 0 Å². The maximum absolute atomic E-state index is 12.7. The topological polar surface area (TPSA) is 88.7 Å². The molecule has 4 heterocycles. The van der Waals surface area contributed by atoms with Crippen LogP contribution < -0.4 is 5.32 Å². The molecule has 0 fully saturated rings. The largest absolute Gasteiger partial charge is 0.364 e. The van der Waals surface area contributed by atoms with Gasteiger partial charge in [0.15, 0.2) is 5.82 Å². The zero-order valence-electron chi connectivity index (χ0n) is 13.9. The summed E-state index contributed by atoms with van der Waals surface area (Å²) in [6, 6.07) is 1.76. The molecular formula is C17H19N5O2. The number of carbonyl (C=O) groups is 1. The first-order chi connectivity index (χ1) is 11.4. The molecular weight excluding hydrogens is 306 g/mol. The van der Waals surface area contributed by atoms with Crippen molar-refractivity contribution in [3.8, 4) is 11.4 Å². The van der Waals surface area contributed by atoms with Gasteiger partial charge in [-0.3, -0.25) is 4.79 Å². The quantitative estimate of drug-likeness (QED) is 0.758. The lowest BCUT2D eigenvalue weighted by Crippen LogP contribution is -2.16. The van der Waals surface area contributed by atoms with Crippen LogP contribution >= 0.6 is 0 Å². The fourth-order valence-corrected chi connectivity index (χ4v) is 2.92. The van der Waals surface area contributed by atoms with E-state index in [4.69, 9.17) is 4.52 Å². The molecule has 0 saturated carbocycles. The Hall–Kier alpha value is -2.83. The van der Waals surface area contributed by atoms with Crippen molar-refractivity contribution in [1.82, 2.24) is 19.7 Å². The number of aromatic nitrogens is 4. The summed E-state index contributed by atoms with van der Waals surface area (Å²) in [6.07, 6.45) is 6.27. The van der Waals surface area contributed by atoms with E-state index in [1.165, 1.54) is 0 Å². The molecule has 24 heavy (non-hydrogen) atoms. The van der Waals surface area contributed by atoms with E-state index in [0.29, 0.717) is 11.4 Å². The molecule has 2 N–H and O–H groups in total. The van der Waals surface area contributed by atoms with Gasteiger partial charge < -0.3 is 19.4 Å². The van der Waals surface area contributed by atoms with Crippen molar-refractivity contribution in [3.63, 3.8) is 0 Å². The van der Waals surface area contributed by atoms with E-state index in [0.717, 1.165) is 35.8 Å². The number of hydrogen-bond donors (Lipinski definition) is 2. The molecule has 0 radical (unpaired) electrons. The minimum Gasteiger partial charge on any atom is -0.364 e. The number of aromatic amines is 1. The summed E-state index contributed by atoms with van der Waals surface area (Å²) < 4.78 is 7.37. The van der Waals surface area contributed by atoms with Crippen LogP contribution in [0, 0.1) is 0 Å². The fourth-order valence-electron chi connectivity index (χ4n) is 2.92. The number of fused-ring (bicyclic) bond motifs is 3. The third-order valence-electron chi connectivity index (χ3n) is 4.24. The Morgan fingerprint density at radius 3 is 3.00 bits per heavy atom. The van der Waals surface area contributed by atoms with E-state index in [1.807, 2.05) is 27.0 Å². The minimum absolute atomic E-state index is 0.159. The Morgan fingerprint density at radius 2 is 2.25 bits per heavy atom. The van der Waals surface area contributed by atoms with Crippen LogP contribution in [0.5, 0.6) is 0 Å². The van der Waals surface area contributed by atoms with Crippen LogP contribution in [0.1, 0.15) is 42.6 Å². The minimum atomic E-state index is -0.224. The lowest BCUT2D eigenvalue weighted by molar-refractivity contribution is 0.102. The van der Waals surface area contributed by atoms with Crippen molar-refractivity contribution in [1.29, 1.82) is 0 Å². The highest BCUT2D eigenvalue weighted by Gasteiger charge is 2.26. The van der Waals surface area contributed by atoms with Crippen molar-refractivity contribution in [2.45, 2.75) is 39.2 Å². The monoisotopic (exact) mass is 325 g/mol. The van der Waals surface area contributed by atoms with Gasteiger partial charge in [-0.1, -0.05) is 25.9 Å². The van der Waals surface area contributed by atoms with E-state index in [-0.39, 0.29) is 11.3 Å². The summed E-state index contributed by atoms with van der Waals surface area (Å²) in [7, 11) is 0. The maximum atomic E-state index is 12.7. The molecule has 0 saturated heterocycles. The summed E-state index contributed by atoms with van der Waals surface area (Å²) in [4.78, 5) is 20.3. The van der Waals surface area contributed by atoms with E-state index < -0.39 is 0 Å². The molecule has 7 heteroatoms. The average Bonchev–Trinajstić information content (AvgIpc) is 3.24. The van der Waals surface area contributed by atoms with E-state index >= 15 is 0 Å². The van der Waals surface area contributed by atoms with Crippen LogP contribution in [0.15, 0.2) is 29.2 Å². The molecule has 0 aliphatic carbocycles. The molecule has 4 rings (SSSR count). The van der Waals surface area contributed by atoms with Crippen molar-refractivity contribution in [3.05, 3.63) is 41.7 Å². The SMILES string of the molecule is CC(C)(C)c1cc(NC(=O)c2c[nH]c3c2-c2nccn2CC3)no1. The first kappa shape index (κ1) is 14.7. The lowest BCUT2D eigenvalue weighted by atomic mass is 9.93. The molecule has 7 nitrogen and oxygen atoms in total. The van der Waals surface area contributed by atoms with Gasteiger partial charge in [0.1, 0.15) is 11.6 Å². The first-order valence-corrected chi connectivity index (χ1v) is 7.94.